The van der Waals surface area contributed by atoms with Crippen molar-refractivity contribution in [2.24, 2.45) is 0 Å². The van der Waals surface area contributed by atoms with Crippen molar-refractivity contribution in [3.05, 3.63) is 40.7 Å². The van der Waals surface area contributed by atoms with Gasteiger partial charge in [0.15, 0.2) is 5.13 Å². The van der Waals surface area contributed by atoms with Gasteiger partial charge in [-0.2, -0.15) is 0 Å². The van der Waals surface area contributed by atoms with Crippen molar-refractivity contribution < 1.29 is 9.90 Å². The van der Waals surface area contributed by atoms with Gasteiger partial charge in [-0.15, -0.1) is 11.3 Å². The van der Waals surface area contributed by atoms with Crippen LogP contribution in [0.1, 0.15) is 17.1 Å². The number of nitrogens with zero attached hydrogens (tertiary/aromatic N) is 3. The number of anilines is 1. The predicted molar refractivity (Wildman–Crippen MR) is 74.5 cm³/mol. The molecule has 0 spiro atoms. The molecule has 0 saturated carbocycles. The Hall–Kier alpha value is -1.95. The van der Waals surface area contributed by atoms with Crippen molar-refractivity contribution in [3.63, 3.8) is 0 Å². The van der Waals surface area contributed by atoms with Crippen LogP contribution in [0.15, 0.2) is 23.6 Å². The lowest BCUT2D eigenvalue weighted by molar-refractivity contribution is -0.136. The largest absolute Gasteiger partial charge is 0.481 e. The van der Waals surface area contributed by atoms with E-state index in [4.69, 9.17) is 5.11 Å². The van der Waals surface area contributed by atoms with Gasteiger partial charge >= 0.3 is 5.97 Å². The maximum atomic E-state index is 10.6. The Balaban J connectivity index is 2.05. The Morgan fingerprint density at radius 2 is 2.16 bits per heavy atom. The highest BCUT2D eigenvalue weighted by Crippen LogP contribution is 2.21. The molecule has 0 aliphatic heterocycles. The van der Waals surface area contributed by atoms with Crippen molar-refractivity contribution in [1.29, 1.82) is 0 Å². The number of carboxylic acids is 1. The summed E-state index contributed by atoms with van der Waals surface area (Å²) in [6.45, 7) is 2.61. The van der Waals surface area contributed by atoms with E-state index >= 15 is 0 Å². The molecule has 2 rings (SSSR count). The predicted octanol–water partition coefficient (Wildman–Crippen LogP) is 2.11. The van der Waals surface area contributed by atoms with Crippen LogP contribution in [0.25, 0.3) is 0 Å². The highest BCUT2D eigenvalue weighted by Gasteiger charge is 2.10. The first kappa shape index (κ1) is 13.5. The molecule has 0 amide bonds. The fourth-order valence-electron chi connectivity index (χ4n) is 1.71. The molecule has 0 saturated heterocycles. The van der Waals surface area contributed by atoms with Crippen LogP contribution in [0.5, 0.6) is 0 Å². The molecule has 5 nitrogen and oxygen atoms in total. The van der Waals surface area contributed by atoms with Crippen molar-refractivity contribution in [2.75, 3.05) is 11.9 Å². The second kappa shape index (κ2) is 5.79. The van der Waals surface area contributed by atoms with Crippen LogP contribution >= 0.6 is 11.3 Å². The van der Waals surface area contributed by atoms with Gasteiger partial charge in [0.25, 0.3) is 0 Å². The van der Waals surface area contributed by atoms with Gasteiger partial charge in [-0.1, -0.05) is 6.07 Å². The molecular formula is C13H15N3O2S. The summed E-state index contributed by atoms with van der Waals surface area (Å²) in [5.74, 6) is -0.861. The third-order valence-electron chi connectivity index (χ3n) is 2.54. The molecule has 0 bridgehead atoms. The first-order valence-electron chi connectivity index (χ1n) is 5.84. The molecule has 100 valence electrons. The van der Waals surface area contributed by atoms with Crippen molar-refractivity contribution >= 4 is 22.4 Å². The number of aliphatic carboxylic acids is 1. The van der Waals surface area contributed by atoms with Crippen LogP contribution in [0.2, 0.25) is 0 Å². The van der Waals surface area contributed by atoms with Gasteiger partial charge in [-0.25, -0.2) is 4.98 Å². The highest BCUT2D eigenvalue weighted by atomic mass is 32.1. The number of hydrogen-bond donors (Lipinski definition) is 1. The van der Waals surface area contributed by atoms with Crippen molar-refractivity contribution in [3.8, 4) is 0 Å². The molecule has 0 unspecified atom stereocenters. The normalized spacial score (nSPS) is 10.4. The number of hydrogen-bond acceptors (Lipinski definition) is 5. The number of pyridine rings is 1. The molecule has 0 fully saturated rings. The van der Waals surface area contributed by atoms with Gasteiger partial charge in [-0.3, -0.25) is 9.78 Å². The zero-order chi connectivity index (χ0) is 13.8. The molecule has 2 heterocycles. The summed E-state index contributed by atoms with van der Waals surface area (Å²) in [5, 5.41) is 11.3. The second-order valence-electron chi connectivity index (χ2n) is 4.32. The summed E-state index contributed by atoms with van der Waals surface area (Å²) < 4.78 is 0. The Morgan fingerprint density at radius 3 is 2.84 bits per heavy atom. The van der Waals surface area contributed by atoms with E-state index in [0.717, 1.165) is 16.5 Å². The van der Waals surface area contributed by atoms with Gasteiger partial charge in [0, 0.05) is 18.1 Å². The second-order valence-corrected chi connectivity index (χ2v) is 5.15. The molecule has 2 aromatic rings. The molecule has 19 heavy (non-hydrogen) atoms. The number of aromatic nitrogens is 2. The molecule has 0 aromatic carbocycles. The standard InChI is InChI=1S/C13H15N3O2S/c1-9-4-3-5-10(14-9)7-16(2)13-15-11(8-19-13)6-12(17)18/h3-5,8H,6-7H2,1-2H3,(H,17,18). The van der Waals surface area contributed by atoms with Crippen molar-refractivity contribution in [1.82, 2.24) is 9.97 Å². The monoisotopic (exact) mass is 277 g/mol. The lowest BCUT2D eigenvalue weighted by atomic mass is 10.3. The van der Waals surface area contributed by atoms with E-state index in [1.165, 1.54) is 11.3 Å². The van der Waals surface area contributed by atoms with Gasteiger partial charge in [0.2, 0.25) is 0 Å². The third-order valence-corrected chi connectivity index (χ3v) is 3.55. The summed E-state index contributed by atoms with van der Waals surface area (Å²) >= 11 is 1.45. The average Bonchev–Trinajstić information content (AvgIpc) is 2.76. The van der Waals surface area contributed by atoms with Gasteiger partial charge < -0.3 is 10.0 Å². The third kappa shape index (κ3) is 3.75. The van der Waals surface area contributed by atoms with Crippen LogP contribution in [0, 0.1) is 6.92 Å². The number of carboxylic acid groups (broad SMARTS) is 1. The quantitative estimate of drug-likeness (QED) is 0.906. The zero-order valence-corrected chi connectivity index (χ0v) is 11.6. The van der Waals surface area contributed by atoms with Gasteiger partial charge in [0.1, 0.15) is 0 Å². The minimum atomic E-state index is -0.861. The summed E-state index contributed by atoms with van der Waals surface area (Å²) in [5.41, 5.74) is 2.55. The topological polar surface area (TPSA) is 66.3 Å². The van der Waals surface area contributed by atoms with E-state index in [1.54, 1.807) is 5.38 Å². The van der Waals surface area contributed by atoms with E-state index in [2.05, 4.69) is 9.97 Å². The molecule has 1 N–H and O–H groups in total. The first-order chi connectivity index (χ1) is 9.04. The number of aryl methyl sites for hydroxylation is 1. The SMILES string of the molecule is Cc1cccc(CN(C)c2nc(CC(=O)O)cs2)n1. The fourth-order valence-corrected chi connectivity index (χ4v) is 2.50. The summed E-state index contributed by atoms with van der Waals surface area (Å²) in [4.78, 5) is 21.3. The van der Waals surface area contributed by atoms with E-state index < -0.39 is 5.97 Å². The molecule has 0 radical (unpaired) electrons. The maximum Gasteiger partial charge on any atom is 0.309 e. The average molecular weight is 277 g/mol. The lowest BCUT2D eigenvalue weighted by Gasteiger charge is -2.15. The molecule has 0 atom stereocenters. The van der Waals surface area contributed by atoms with Crippen LogP contribution in [-0.2, 0) is 17.8 Å². The Morgan fingerprint density at radius 1 is 1.37 bits per heavy atom. The molecule has 2 aromatic heterocycles. The number of thiazole rings is 1. The van der Waals surface area contributed by atoms with E-state index in [1.807, 2.05) is 37.1 Å². The molecule has 0 aliphatic rings. The highest BCUT2D eigenvalue weighted by molar-refractivity contribution is 7.13. The van der Waals surface area contributed by atoms with Gasteiger partial charge in [-0.05, 0) is 19.1 Å². The van der Waals surface area contributed by atoms with Crippen molar-refractivity contribution in [2.45, 2.75) is 19.9 Å². The molecule has 6 heteroatoms. The van der Waals surface area contributed by atoms with Gasteiger partial charge in [0.05, 0.1) is 24.4 Å². The van der Waals surface area contributed by atoms with Crippen LogP contribution < -0.4 is 4.90 Å². The van der Waals surface area contributed by atoms with E-state index in [9.17, 15) is 4.79 Å². The Kier molecular flexibility index (Phi) is 4.11. The number of rotatable bonds is 5. The summed E-state index contributed by atoms with van der Waals surface area (Å²) in [6, 6.07) is 5.90. The van der Waals surface area contributed by atoms with Crippen LogP contribution in [-0.4, -0.2) is 28.1 Å². The van der Waals surface area contributed by atoms with E-state index in [-0.39, 0.29) is 6.42 Å². The lowest BCUT2D eigenvalue weighted by Crippen LogP contribution is -2.17. The molecular weight excluding hydrogens is 262 g/mol. The van der Waals surface area contributed by atoms with Crippen LogP contribution in [0.4, 0.5) is 5.13 Å². The minimum absolute atomic E-state index is 0.0347. The fraction of sp³-hybridized carbons (Fsp3) is 0.308. The first-order valence-corrected chi connectivity index (χ1v) is 6.72. The number of carbonyl (C=O) groups is 1. The smallest absolute Gasteiger partial charge is 0.309 e. The zero-order valence-electron chi connectivity index (χ0n) is 10.8. The minimum Gasteiger partial charge on any atom is -0.481 e. The molecule has 0 aliphatic carbocycles. The van der Waals surface area contributed by atoms with E-state index in [0.29, 0.717) is 12.2 Å². The Labute approximate surface area is 115 Å². The Bertz CT molecular complexity index is 583. The maximum absolute atomic E-state index is 10.6. The summed E-state index contributed by atoms with van der Waals surface area (Å²) in [6.07, 6.45) is -0.0347. The summed E-state index contributed by atoms with van der Waals surface area (Å²) in [7, 11) is 1.92. The van der Waals surface area contributed by atoms with Crippen LogP contribution in [0.3, 0.4) is 0 Å².